The van der Waals surface area contributed by atoms with Crippen molar-refractivity contribution < 1.29 is 17.9 Å². The summed E-state index contributed by atoms with van der Waals surface area (Å²) in [5.74, 6) is -0.612. The fourth-order valence-corrected chi connectivity index (χ4v) is 3.57. The van der Waals surface area contributed by atoms with Crippen LogP contribution < -0.4 is 0 Å². The largest absolute Gasteiger partial charge is 0.465 e. The molecule has 0 amide bonds. The van der Waals surface area contributed by atoms with Crippen molar-refractivity contribution in [2.45, 2.75) is 25.2 Å². The Kier molecular flexibility index (Phi) is 6.81. The second-order valence-corrected chi connectivity index (χ2v) is 6.74. The van der Waals surface area contributed by atoms with Crippen LogP contribution >= 0.6 is 11.6 Å². The molecular weight excluding hydrogens is 328 g/mol. The van der Waals surface area contributed by atoms with Crippen LogP contribution in [0.1, 0.15) is 25.8 Å². The maximum Gasteiger partial charge on any atom is 0.321 e. The van der Waals surface area contributed by atoms with Gasteiger partial charge in [0.1, 0.15) is 12.6 Å². The minimum absolute atomic E-state index is 0.0520. The number of sulfonamides is 1. The van der Waals surface area contributed by atoms with E-state index in [0.717, 1.165) is 4.31 Å². The topological polar surface area (TPSA) is 87.5 Å². The summed E-state index contributed by atoms with van der Waals surface area (Å²) in [6, 6.07) is 5.71. The van der Waals surface area contributed by atoms with E-state index in [4.69, 9.17) is 21.6 Å². The average molecular weight is 345 g/mol. The Bertz CT molecular complexity index is 683. The van der Waals surface area contributed by atoms with Gasteiger partial charge in [-0.2, -0.15) is 9.57 Å². The van der Waals surface area contributed by atoms with Gasteiger partial charge >= 0.3 is 5.97 Å². The van der Waals surface area contributed by atoms with Crippen LogP contribution in [0.5, 0.6) is 0 Å². The van der Waals surface area contributed by atoms with E-state index < -0.39 is 16.0 Å². The second-order valence-electron chi connectivity index (χ2n) is 4.40. The first-order valence-electron chi connectivity index (χ1n) is 6.72. The van der Waals surface area contributed by atoms with Gasteiger partial charge in [0.15, 0.2) is 0 Å². The number of hydrogen-bond acceptors (Lipinski definition) is 5. The monoisotopic (exact) mass is 344 g/mol. The van der Waals surface area contributed by atoms with Crippen LogP contribution in [0.4, 0.5) is 0 Å². The van der Waals surface area contributed by atoms with Gasteiger partial charge in [-0.05, 0) is 31.5 Å². The van der Waals surface area contributed by atoms with Gasteiger partial charge in [0, 0.05) is 6.54 Å². The van der Waals surface area contributed by atoms with Crippen molar-refractivity contribution in [2.24, 2.45) is 0 Å². The van der Waals surface area contributed by atoms with Crippen LogP contribution in [-0.4, -0.2) is 38.4 Å². The van der Waals surface area contributed by atoms with Crippen LogP contribution in [0, 0.1) is 11.3 Å². The number of esters is 1. The highest BCUT2D eigenvalue weighted by atomic mass is 35.5. The van der Waals surface area contributed by atoms with Gasteiger partial charge in [-0.1, -0.05) is 18.5 Å². The Morgan fingerprint density at radius 1 is 1.41 bits per heavy atom. The first-order valence-corrected chi connectivity index (χ1v) is 8.54. The Hall–Kier alpha value is -1.62. The van der Waals surface area contributed by atoms with Crippen LogP contribution in [0.15, 0.2) is 23.1 Å². The first kappa shape index (κ1) is 18.4. The smallest absolute Gasteiger partial charge is 0.321 e. The zero-order valence-electron chi connectivity index (χ0n) is 12.4. The summed E-state index contributed by atoms with van der Waals surface area (Å²) in [6.07, 6.45) is 0.544. The van der Waals surface area contributed by atoms with Gasteiger partial charge in [0.05, 0.1) is 22.1 Å². The molecule has 1 aromatic rings. The Morgan fingerprint density at radius 3 is 2.59 bits per heavy atom. The zero-order chi connectivity index (χ0) is 16.8. The van der Waals surface area contributed by atoms with Gasteiger partial charge in [-0.25, -0.2) is 8.42 Å². The molecule has 0 unspecified atom stereocenters. The number of nitrogens with zero attached hydrogens (tertiary/aromatic N) is 2. The molecule has 0 heterocycles. The predicted molar refractivity (Wildman–Crippen MR) is 81.8 cm³/mol. The highest BCUT2D eigenvalue weighted by molar-refractivity contribution is 7.89. The van der Waals surface area contributed by atoms with Crippen molar-refractivity contribution in [1.29, 1.82) is 5.26 Å². The fraction of sp³-hybridized carbons (Fsp3) is 0.429. The lowest BCUT2D eigenvalue weighted by Gasteiger charge is -2.20. The van der Waals surface area contributed by atoms with Gasteiger partial charge in [0.25, 0.3) is 0 Å². The van der Waals surface area contributed by atoms with E-state index in [1.165, 1.54) is 18.2 Å². The maximum atomic E-state index is 12.6. The lowest BCUT2D eigenvalue weighted by molar-refractivity contribution is -0.143. The number of carbonyl (C=O) groups is 1. The number of benzene rings is 1. The van der Waals surface area contributed by atoms with Crippen molar-refractivity contribution in [3.8, 4) is 6.07 Å². The van der Waals surface area contributed by atoms with E-state index in [1.54, 1.807) is 13.8 Å². The fourth-order valence-electron chi connectivity index (χ4n) is 1.78. The van der Waals surface area contributed by atoms with Crippen molar-refractivity contribution in [3.63, 3.8) is 0 Å². The summed E-state index contributed by atoms with van der Waals surface area (Å²) in [7, 11) is -3.89. The number of nitriles is 1. The molecule has 0 spiro atoms. The third-order valence-corrected chi connectivity index (χ3v) is 4.94. The molecule has 1 rings (SSSR count). The molecule has 0 aliphatic heterocycles. The average Bonchev–Trinajstić information content (AvgIpc) is 2.47. The minimum Gasteiger partial charge on any atom is -0.465 e. The predicted octanol–water partition coefficient (Wildman–Crippen LogP) is 2.18. The summed E-state index contributed by atoms with van der Waals surface area (Å²) in [4.78, 5) is 11.5. The lowest BCUT2D eigenvalue weighted by Crippen LogP contribution is -2.37. The van der Waals surface area contributed by atoms with Crippen molar-refractivity contribution in [3.05, 3.63) is 28.8 Å². The third-order valence-electron chi connectivity index (χ3n) is 2.78. The second kappa shape index (κ2) is 8.13. The molecule has 1 aromatic carbocycles. The highest BCUT2D eigenvalue weighted by Gasteiger charge is 2.27. The Labute approximate surface area is 135 Å². The number of halogens is 1. The van der Waals surface area contributed by atoms with E-state index in [1.807, 2.05) is 6.07 Å². The lowest BCUT2D eigenvalue weighted by atomic mass is 10.2. The summed E-state index contributed by atoms with van der Waals surface area (Å²) in [5, 5.41) is 8.88. The van der Waals surface area contributed by atoms with Crippen molar-refractivity contribution in [1.82, 2.24) is 4.31 Å². The minimum atomic E-state index is -3.89. The molecule has 0 bridgehead atoms. The van der Waals surface area contributed by atoms with Crippen molar-refractivity contribution >= 4 is 27.6 Å². The van der Waals surface area contributed by atoms with Gasteiger partial charge in [-0.3, -0.25) is 4.79 Å². The quantitative estimate of drug-likeness (QED) is 0.707. The third kappa shape index (κ3) is 4.44. The normalized spacial score (nSPS) is 11.2. The molecule has 0 saturated heterocycles. The zero-order valence-corrected chi connectivity index (χ0v) is 13.9. The molecular formula is C14H17ClN2O4S. The van der Waals surface area contributed by atoms with Crippen molar-refractivity contribution in [2.75, 3.05) is 19.7 Å². The molecule has 8 heteroatoms. The van der Waals surface area contributed by atoms with Crippen LogP contribution in [0.2, 0.25) is 5.02 Å². The maximum absolute atomic E-state index is 12.6. The highest BCUT2D eigenvalue weighted by Crippen LogP contribution is 2.23. The molecule has 0 N–H and O–H groups in total. The first-order chi connectivity index (χ1) is 10.4. The van der Waals surface area contributed by atoms with Crippen LogP contribution in [0.25, 0.3) is 0 Å². The number of rotatable bonds is 7. The van der Waals surface area contributed by atoms with E-state index in [2.05, 4.69) is 0 Å². The summed E-state index contributed by atoms with van der Waals surface area (Å²) in [5.41, 5.74) is 0.188. The molecule has 0 aliphatic carbocycles. The molecule has 0 radical (unpaired) electrons. The molecule has 22 heavy (non-hydrogen) atoms. The van der Waals surface area contributed by atoms with E-state index in [-0.39, 0.29) is 35.2 Å². The van der Waals surface area contributed by atoms with Crippen LogP contribution in [0.3, 0.4) is 0 Å². The number of carbonyl (C=O) groups excluding carboxylic acids is 1. The molecule has 0 saturated carbocycles. The standard InChI is InChI=1S/C14H17ClN2O4S/c1-3-7-17(10-14(18)21-4-2)22(19,20)12-6-5-11(9-16)13(15)8-12/h5-6,8H,3-4,7,10H2,1-2H3. The molecule has 6 nitrogen and oxygen atoms in total. The SMILES string of the molecule is CCCN(CC(=O)OCC)S(=O)(=O)c1ccc(C#N)c(Cl)c1. The molecule has 0 aliphatic rings. The van der Waals surface area contributed by atoms with Gasteiger partial charge < -0.3 is 4.74 Å². The van der Waals surface area contributed by atoms with Crippen LogP contribution in [-0.2, 0) is 19.6 Å². The molecule has 0 aromatic heterocycles. The number of ether oxygens (including phenoxy) is 1. The summed E-state index contributed by atoms with van der Waals surface area (Å²) >= 11 is 5.88. The van der Waals surface area contributed by atoms with E-state index in [0.29, 0.717) is 6.42 Å². The molecule has 120 valence electrons. The van der Waals surface area contributed by atoms with E-state index >= 15 is 0 Å². The van der Waals surface area contributed by atoms with Gasteiger partial charge in [0.2, 0.25) is 10.0 Å². The summed E-state index contributed by atoms with van der Waals surface area (Å²) in [6.45, 7) is 3.46. The molecule has 0 fully saturated rings. The Morgan fingerprint density at radius 2 is 2.09 bits per heavy atom. The van der Waals surface area contributed by atoms with E-state index in [9.17, 15) is 13.2 Å². The summed E-state index contributed by atoms with van der Waals surface area (Å²) < 4.78 is 31.0. The Balaban J connectivity index is 3.14. The van der Waals surface area contributed by atoms with Gasteiger partial charge in [-0.15, -0.1) is 0 Å². The molecule has 0 atom stereocenters. The number of hydrogen-bond donors (Lipinski definition) is 0.